The van der Waals surface area contributed by atoms with Crippen LogP contribution in [-0.2, 0) is 6.54 Å². The van der Waals surface area contributed by atoms with Crippen LogP contribution in [0.1, 0.15) is 24.0 Å². The van der Waals surface area contributed by atoms with Crippen LogP contribution in [0.25, 0.3) is 0 Å². The fourth-order valence-electron chi connectivity index (χ4n) is 2.30. The molecule has 0 unspecified atom stereocenters. The average Bonchev–Trinajstić information content (AvgIpc) is 3.30. The maximum Gasteiger partial charge on any atom is 0.133 e. The Balaban J connectivity index is 1.81. The molecule has 21 heavy (non-hydrogen) atoms. The molecular formula is C17H20ClN3. The van der Waals surface area contributed by atoms with Crippen LogP contribution in [0.15, 0.2) is 36.5 Å². The highest BCUT2D eigenvalue weighted by Gasteiger charge is 2.20. The first-order valence-corrected chi connectivity index (χ1v) is 7.69. The molecule has 3 rings (SSSR count). The Labute approximate surface area is 131 Å². The van der Waals surface area contributed by atoms with Crippen molar-refractivity contribution in [2.24, 2.45) is 0 Å². The van der Waals surface area contributed by atoms with Gasteiger partial charge >= 0.3 is 0 Å². The highest BCUT2D eigenvalue weighted by molar-refractivity contribution is 6.31. The van der Waals surface area contributed by atoms with Crippen LogP contribution in [0.2, 0.25) is 5.02 Å². The van der Waals surface area contributed by atoms with Gasteiger partial charge in [0.05, 0.1) is 5.02 Å². The summed E-state index contributed by atoms with van der Waals surface area (Å²) in [7, 11) is 2.03. The molecule has 0 amide bonds. The van der Waals surface area contributed by atoms with Gasteiger partial charge in [-0.15, -0.1) is 0 Å². The number of benzene rings is 1. The van der Waals surface area contributed by atoms with Crippen LogP contribution in [0.3, 0.4) is 0 Å². The van der Waals surface area contributed by atoms with Gasteiger partial charge in [0, 0.05) is 31.5 Å². The van der Waals surface area contributed by atoms with Crippen LogP contribution in [-0.4, -0.2) is 18.1 Å². The van der Waals surface area contributed by atoms with Gasteiger partial charge in [-0.25, -0.2) is 4.98 Å². The van der Waals surface area contributed by atoms with Crippen LogP contribution in [0.4, 0.5) is 11.5 Å². The molecule has 1 fully saturated rings. The maximum atomic E-state index is 6.25. The molecule has 1 aromatic carbocycles. The summed E-state index contributed by atoms with van der Waals surface area (Å²) in [6, 6.07) is 11.1. The minimum Gasteiger partial charge on any atom is -0.329 e. The average molecular weight is 302 g/mol. The number of nitrogens with one attached hydrogen (secondary N) is 1. The number of hydrogen-bond donors (Lipinski definition) is 1. The monoisotopic (exact) mass is 301 g/mol. The first-order chi connectivity index (χ1) is 10.1. The smallest absolute Gasteiger partial charge is 0.133 e. The third-order valence-corrected chi connectivity index (χ3v) is 4.15. The summed E-state index contributed by atoms with van der Waals surface area (Å²) in [5.41, 5.74) is 3.47. The van der Waals surface area contributed by atoms with Crippen molar-refractivity contribution in [2.75, 3.05) is 11.9 Å². The molecule has 0 bridgehead atoms. The summed E-state index contributed by atoms with van der Waals surface area (Å²) in [5.74, 6) is 0.914. The Kier molecular flexibility index (Phi) is 4.13. The highest BCUT2D eigenvalue weighted by Crippen LogP contribution is 2.27. The second kappa shape index (κ2) is 6.04. The molecule has 1 N–H and O–H groups in total. The first kappa shape index (κ1) is 14.4. The van der Waals surface area contributed by atoms with E-state index in [9.17, 15) is 0 Å². The highest BCUT2D eigenvalue weighted by atomic mass is 35.5. The van der Waals surface area contributed by atoms with Crippen molar-refractivity contribution in [2.45, 2.75) is 32.4 Å². The number of halogens is 1. The number of rotatable bonds is 5. The molecule has 2 aromatic rings. The number of aromatic nitrogens is 1. The fourth-order valence-corrected chi connectivity index (χ4v) is 2.47. The van der Waals surface area contributed by atoms with Gasteiger partial charge in [-0.2, -0.15) is 0 Å². The first-order valence-electron chi connectivity index (χ1n) is 7.31. The lowest BCUT2D eigenvalue weighted by Crippen LogP contribution is -2.17. The van der Waals surface area contributed by atoms with Crippen LogP contribution >= 0.6 is 11.6 Å². The van der Waals surface area contributed by atoms with E-state index in [0.717, 1.165) is 28.6 Å². The van der Waals surface area contributed by atoms with E-state index in [1.165, 1.54) is 18.4 Å². The molecule has 1 saturated carbocycles. The zero-order valence-electron chi connectivity index (χ0n) is 12.4. The lowest BCUT2D eigenvalue weighted by molar-refractivity contribution is 0.687. The normalized spacial score (nSPS) is 14.2. The van der Waals surface area contributed by atoms with Crippen molar-refractivity contribution in [1.82, 2.24) is 10.3 Å². The molecule has 1 heterocycles. The Morgan fingerprint density at radius 2 is 2.14 bits per heavy atom. The van der Waals surface area contributed by atoms with Gasteiger partial charge in [-0.05, 0) is 49.1 Å². The molecule has 3 nitrogen and oxygen atoms in total. The molecular weight excluding hydrogens is 282 g/mol. The van der Waals surface area contributed by atoms with Crippen molar-refractivity contribution >= 4 is 23.1 Å². The fraction of sp³-hybridized carbons (Fsp3) is 0.353. The topological polar surface area (TPSA) is 28.2 Å². The molecule has 4 heteroatoms. The molecule has 0 radical (unpaired) electrons. The molecule has 1 aliphatic carbocycles. The summed E-state index contributed by atoms with van der Waals surface area (Å²) < 4.78 is 0. The van der Waals surface area contributed by atoms with Crippen molar-refractivity contribution in [3.63, 3.8) is 0 Å². The van der Waals surface area contributed by atoms with Gasteiger partial charge in [-0.1, -0.05) is 23.7 Å². The number of nitrogens with zero attached hydrogens (tertiary/aromatic N) is 2. The number of anilines is 2. The quantitative estimate of drug-likeness (QED) is 0.902. The van der Waals surface area contributed by atoms with Crippen molar-refractivity contribution in [1.29, 1.82) is 0 Å². The summed E-state index contributed by atoms with van der Waals surface area (Å²) in [5, 5.41) is 4.22. The Morgan fingerprint density at radius 3 is 2.86 bits per heavy atom. The molecule has 0 aliphatic heterocycles. The van der Waals surface area contributed by atoms with Gasteiger partial charge < -0.3 is 10.2 Å². The molecule has 0 atom stereocenters. The van der Waals surface area contributed by atoms with Gasteiger partial charge in [-0.3, -0.25) is 0 Å². The zero-order chi connectivity index (χ0) is 14.8. The standard InChI is InChI=1S/C17H20ClN3/c1-12-4-3-5-15(8-12)21(2)17-9-13(16(18)11-20-17)10-19-14-6-7-14/h3-5,8-9,11,14,19H,6-7,10H2,1-2H3. The van der Waals surface area contributed by atoms with E-state index in [2.05, 4.69) is 52.5 Å². The van der Waals surface area contributed by atoms with Crippen LogP contribution < -0.4 is 10.2 Å². The second-order valence-electron chi connectivity index (χ2n) is 5.69. The van der Waals surface area contributed by atoms with Crippen molar-refractivity contribution < 1.29 is 0 Å². The minimum atomic E-state index is 0.673. The van der Waals surface area contributed by atoms with Gasteiger partial charge in [0.15, 0.2) is 0 Å². The summed E-state index contributed by atoms with van der Waals surface area (Å²) >= 11 is 6.25. The second-order valence-corrected chi connectivity index (χ2v) is 6.09. The number of hydrogen-bond acceptors (Lipinski definition) is 3. The zero-order valence-corrected chi connectivity index (χ0v) is 13.2. The number of aryl methyl sites for hydroxylation is 1. The Morgan fingerprint density at radius 1 is 1.33 bits per heavy atom. The van der Waals surface area contributed by atoms with E-state index >= 15 is 0 Å². The number of pyridine rings is 1. The summed E-state index contributed by atoms with van der Waals surface area (Å²) in [6.45, 7) is 2.90. The third-order valence-electron chi connectivity index (χ3n) is 3.81. The van der Waals surface area contributed by atoms with Crippen LogP contribution in [0, 0.1) is 6.92 Å². The van der Waals surface area contributed by atoms with E-state index in [1.54, 1.807) is 6.20 Å². The molecule has 0 saturated heterocycles. The third kappa shape index (κ3) is 3.55. The SMILES string of the molecule is Cc1cccc(N(C)c2cc(CNC3CC3)c(Cl)cn2)c1. The predicted molar refractivity (Wildman–Crippen MR) is 88.4 cm³/mol. The molecule has 0 spiro atoms. The van der Waals surface area contributed by atoms with E-state index < -0.39 is 0 Å². The molecule has 1 aromatic heterocycles. The summed E-state index contributed by atoms with van der Waals surface area (Å²) in [4.78, 5) is 6.54. The van der Waals surface area contributed by atoms with Gasteiger partial charge in [0.25, 0.3) is 0 Å². The van der Waals surface area contributed by atoms with Crippen LogP contribution in [0.5, 0.6) is 0 Å². The maximum absolute atomic E-state index is 6.25. The van der Waals surface area contributed by atoms with E-state index in [-0.39, 0.29) is 0 Å². The minimum absolute atomic E-state index is 0.673. The summed E-state index contributed by atoms with van der Waals surface area (Å²) in [6.07, 6.45) is 4.30. The van der Waals surface area contributed by atoms with E-state index in [4.69, 9.17) is 11.6 Å². The molecule has 1 aliphatic rings. The van der Waals surface area contributed by atoms with E-state index in [0.29, 0.717) is 6.04 Å². The lowest BCUT2D eigenvalue weighted by atomic mass is 10.2. The van der Waals surface area contributed by atoms with Gasteiger partial charge in [0.2, 0.25) is 0 Å². The Bertz CT molecular complexity index is 638. The molecule has 110 valence electrons. The largest absolute Gasteiger partial charge is 0.329 e. The van der Waals surface area contributed by atoms with Crippen molar-refractivity contribution in [3.05, 3.63) is 52.7 Å². The lowest BCUT2D eigenvalue weighted by Gasteiger charge is -2.20. The Hall–Kier alpha value is -1.58. The van der Waals surface area contributed by atoms with Crippen molar-refractivity contribution in [3.8, 4) is 0 Å². The van der Waals surface area contributed by atoms with E-state index in [1.807, 2.05) is 7.05 Å². The van der Waals surface area contributed by atoms with Gasteiger partial charge in [0.1, 0.15) is 5.82 Å². The predicted octanol–water partition coefficient (Wildman–Crippen LogP) is 4.06.